The highest BCUT2D eigenvalue weighted by Gasteiger charge is 2.36. The molecule has 1 aromatic heterocycles. The van der Waals surface area contributed by atoms with Crippen molar-refractivity contribution in [3.05, 3.63) is 39.8 Å². The second kappa shape index (κ2) is 9.66. The number of amidine groups is 1. The first-order chi connectivity index (χ1) is 15.5. The summed E-state index contributed by atoms with van der Waals surface area (Å²) >= 11 is 0. The third-order valence-corrected chi connectivity index (χ3v) is 7.41. The molecule has 180 valence electrons. The van der Waals surface area contributed by atoms with Crippen molar-refractivity contribution in [3.63, 3.8) is 0 Å². The van der Waals surface area contributed by atoms with Crippen molar-refractivity contribution in [3.8, 4) is 5.75 Å². The summed E-state index contributed by atoms with van der Waals surface area (Å²) in [6, 6.07) is 4.37. The maximum Gasteiger partial charge on any atom is 0.348 e. The van der Waals surface area contributed by atoms with Gasteiger partial charge in [0.05, 0.1) is 23.9 Å². The second-order valence-corrected chi connectivity index (χ2v) is 11.3. The van der Waals surface area contributed by atoms with E-state index in [2.05, 4.69) is 19.9 Å². The molecular formula is C20H28N5O6PS. The molecule has 0 saturated heterocycles. The molecule has 0 aliphatic carbocycles. The van der Waals surface area contributed by atoms with E-state index in [1.165, 1.54) is 22.9 Å². The fraction of sp³-hybridized carbons (Fsp3) is 0.450. The SMILES string of the molecule is CCCc1nn(CCC)c(=O)c(C2=NP(=O)(OCC)c3cc(NS(C)(=O)=O)ccc3N2)c1O. The highest BCUT2D eigenvalue weighted by molar-refractivity contribution is 7.92. The summed E-state index contributed by atoms with van der Waals surface area (Å²) in [5.74, 6) is -0.405. The minimum atomic E-state index is -3.91. The van der Waals surface area contributed by atoms with Crippen LogP contribution in [-0.2, 0) is 32.1 Å². The van der Waals surface area contributed by atoms with Crippen LogP contribution in [0.5, 0.6) is 5.75 Å². The third-order valence-electron chi connectivity index (χ3n) is 4.75. The van der Waals surface area contributed by atoms with Gasteiger partial charge < -0.3 is 14.9 Å². The van der Waals surface area contributed by atoms with Crippen LogP contribution in [0.4, 0.5) is 11.4 Å². The quantitative estimate of drug-likeness (QED) is 0.447. The highest BCUT2D eigenvalue weighted by Crippen LogP contribution is 2.52. The lowest BCUT2D eigenvalue weighted by atomic mass is 10.1. The van der Waals surface area contributed by atoms with Gasteiger partial charge in [0.1, 0.15) is 11.3 Å². The third kappa shape index (κ3) is 5.29. The number of nitrogens with one attached hydrogen (secondary N) is 2. The monoisotopic (exact) mass is 497 g/mol. The van der Waals surface area contributed by atoms with Gasteiger partial charge in [-0.3, -0.25) is 14.1 Å². The molecule has 33 heavy (non-hydrogen) atoms. The maximum absolute atomic E-state index is 13.8. The Hall–Kier alpha value is -2.69. The Bertz CT molecular complexity index is 1300. The zero-order valence-electron chi connectivity index (χ0n) is 19.0. The van der Waals surface area contributed by atoms with Gasteiger partial charge in [0, 0.05) is 12.2 Å². The van der Waals surface area contributed by atoms with Gasteiger partial charge in [-0.1, -0.05) is 20.3 Å². The number of hydrogen-bond donors (Lipinski definition) is 3. The van der Waals surface area contributed by atoms with Crippen LogP contribution in [0.25, 0.3) is 0 Å². The van der Waals surface area contributed by atoms with E-state index in [4.69, 9.17) is 4.52 Å². The summed E-state index contributed by atoms with van der Waals surface area (Å²) in [6.45, 7) is 5.87. The first kappa shape index (κ1) is 24.9. The van der Waals surface area contributed by atoms with Gasteiger partial charge in [-0.2, -0.15) is 9.86 Å². The number of anilines is 2. The first-order valence-electron chi connectivity index (χ1n) is 10.6. The molecule has 0 amide bonds. The molecule has 0 radical (unpaired) electrons. The second-order valence-electron chi connectivity index (χ2n) is 7.57. The van der Waals surface area contributed by atoms with Crippen molar-refractivity contribution in [2.75, 3.05) is 22.9 Å². The lowest BCUT2D eigenvalue weighted by Crippen LogP contribution is -2.35. The lowest BCUT2D eigenvalue weighted by molar-refractivity contribution is 0.341. The van der Waals surface area contributed by atoms with Crippen molar-refractivity contribution >= 4 is 40.1 Å². The largest absolute Gasteiger partial charge is 0.505 e. The fourth-order valence-corrected chi connectivity index (χ4v) is 5.83. The number of nitrogens with zero attached hydrogens (tertiary/aromatic N) is 3. The van der Waals surface area contributed by atoms with Gasteiger partial charge in [-0.05, 0) is 38.0 Å². The van der Waals surface area contributed by atoms with E-state index in [-0.39, 0.29) is 34.7 Å². The van der Waals surface area contributed by atoms with E-state index in [0.717, 1.165) is 6.26 Å². The van der Waals surface area contributed by atoms with Crippen molar-refractivity contribution in [2.45, 2.75) is 46.6 Å². The number of sulfonamides is 1. The Morgan fingerprint density at radius 2 is 1.97 bits per heavy atom. The Kier molecular flexibility index (Phi) is 7.30. The summed E-state index contributed by atoms with van der Waals surface area (Å²) in [7, 11) is -7.47. The zero-order chi connectivity index (χ0) is 24.4. The molecule has 11 nitrogen and oxygen atoms in total. The van der Waals surface area contributed by atoms with Crippen molar-refractivity contribution < 1.29 is 22.6 Å². The molecule has 1 aliphatic rings. The van der Waals surface area contributed by atoms with E-state index in [1.807, 2.05) is 13.8 Å². The van der Waals surface area contributed by atoms with Gasteiger partial charge in [0.25, 0.3) is 5.56 Å². The van der Waals surface area contributed by atoms with Crippen LogP contribution in [-0.4, -0.2) is 42.0 Å². The Morgan fingerprint density at radius 3 is 2.58 bits per heavy atom. The minimum Gasteiger partial charge on any atom is -0.505 e. The number of fused-ring (bicyclic) bond motifs is 1. The van der Waals surface area contributed by atoms with Crippen LogP contribution in [0.3, 0.4) is 0 Å². The molecule has 1 aliphatic heterocycles. The molecule has 0 bridgehead atoms. The standard InChI is InChI=1S/C20H28N5O6PS/c1-5-8-15-18(26)17(20(27)25(22-15)11-6-2)19-21-14-10-9-13(24-33(4,29)30)12-16(14)32(28,23-19)31-7-3/h9-10,12,24,26H,5-8,11H2,1-4H3,(H,21,23,28). The number of hydrogen-bond acceptors (Lipinski definition) is 8. The van der Waals surface area contributed by atoms with Crippen LogP contribution >= 0.6 is 7.52 Å². The molecule has 2 aromatic rings. The van der Waals surface area contributed by atoms with Crippen molar-refractivity contribution in [1.82, 2.24) is 9.78 Å². The molecule has 3 N–H and O–H groups in total. The minimum absolute atomic E-state index is 0.0563. The van der Waals surface area contributed by atoms with E-state index >= 15 is 0 Å². The van der Waals surface area contributed by atoms with Crippen LogP contribution in [0, 0.1) is 0 Å². The number of aryl methyl sites for hydroxylation is 2. The summed E-state index contributed by atoms with van der Waals surface area (Å²) < 4.78 is 50.3. The van der Waals surface area contributed by atoms with Gasteiger partial charge >= 0.3 is 7.52 Å². The Balaban J connectivity index is 2.21. The van der Waals surface area contributed by atoms with Crippen LogP contribution in [0.15, 0.2) is 27.8 Å². The fourth-order valence-electron chi connectivity index (χ4n) is 3.47. The maximum atomic E-state index is 13.8. The molecule has 0 saturated carbocycles. The normalized spacial score (nSPS) is 17.8. The zero-order valence-corrected chi connectivity index (χ0v) is 20.7. The highest BCUT2D eigenvalue weighted by atomic mass is 32.2. The molecule has 1 atom stereocenters. The molecule has 3 rings (SSSR count). The van der Waals surface area contributed by atoms with Gasteiger partial charge in [-0.25, -0.2) is 13.1 Å². The molecule has 2 heterocycles. The van der Waals surface area contributed by atoms with E-state index < -0.39 is 23.1 Å². The van der Waals surface area contributed by atoms with E-state index in [1.54, 1.807) is 6.92 Å². The first-order valence-corrected chi connectivity index (χ1v) is 14.1. The Labute approximate surface area is 192 Å². The number of benzene rings is 1. The van der Waals surface area contributed by atoms with Crippen molar-refractivity contribution in [2.24, 2.45) is 4.76 Å². The Morgan fingerprint density at radius 1 is 1.24 bits per heavy atom. The van der Waals surface area contributed by atoms with E-state index in [9.17, 15) is 22.9 Å². The predicted octanol–water partition coefficient (Wildman–Crippen LogP) is 2.41. The van der Waals surface area contributed by atoms with Crippen LogP contribution in [0.1, 0.15) is 44.9 Å². The van der Waals surface area contributed by atoms with Gasteiger partial charge in [0.15, 0.2) is 11.6 Å². The summed E-state index contributed by atoms with van der Waals surface area (Å²) in [6.07, 6.45) is 2.79. The molecule has 0 spiro atoms. The molecule has 0 fully saturated rings. The van der Waals surface area contributed by atoms with Gasteiger partial charge in [0.2, 0.25) is 10.0 Å². The van der Waals surface area contributed by atoms with Crippen molar-refractivity contribution in [1.29, 1.82) is 0 Å². The average molecular weight is 498 g/mol. The molecule has 1 unspecified atom stereocenters. The predicted molar refractivity (Wildman–Crippen MR) is 128 cm³/mol. The number of aromatic nitrogens is 2. The summed E-state index contributed by atoms with van der Waals surface area (Å²) in [5.41, 5.74) is 0.160. The average Bonchev–Trinajstić information content (AvgIpc) is 2.71. The lowest BCUT2D eigenvalue weighted by Gasteiger charge is -2.26. The van der Waals surface area contributed by atoms with Crippen LogP contribution < -0.4 is 20.9 Å². The number of aromatic hydroxyl groups is 1. The molecular weight excluding hydrogens is 469 g/mol. The summed E-state index contributed by atoms with van der Waals surface area (Å²) in [4.78, 5) is 13.1. The van der Waals surface area contributed by atoms with Crippen LogP contribution in [0.2, 0.25) is 0 Å². The molecule has 1 aromatic carbocycles. The topological polar surface area (TPSA) is 152 Å². The van der Waals surface area contributed by atoms with Gasteiger partial charge in [-0.15, -0.1) is 0 Å². The smallest absolute Gasteiger partial charge is 0.348 e. The summed E-state index contributed by atoms with van der Waals surface area (Å²) in [5, 5.41) is 18.2. The number of rotatable bonds is 9. The van der Waals surface area contributed by atoms with E-state index in [0.29, 0.717) is 37.2 Å². The molecule has 13 heteroatoms.